The fraction of sp³-hybridized carbons (Fsp3) is 0.0667. The summed E-state index contributed by atoms with van der Waals surface area (Å²) in [5.74, 6) is 0.908. The molecule has 0 amide bonds. The SMILES string of the molecule is Cc1ccc(C#N)cc1Oc1cccc(Cl)c1C=O. The van der Waals surface area contributed by atoms with Gasteiger partial charge in [0.15, 0.2) is 6.29 Å². The number of hydrogen-bond acceptors (Lipinski definition) is 3. The van der Waals surface area contributed by atoms with Gasteiger partial charge in [-0.05, 0) is 36.8 Å². The van der Waals surface area contributed by atoms with E-state index >= 15 is 0 Å². The van der Waals surface area contributed by atoms with E-state index in [1.807, 2.05) is 13.0 Å². The van der Waals surface area contributed by atoms with Gasteiger partial charge in [0.25, 0.3) is 0 Å². The Balaban J connectivity index is 2.45. The molecule has 2 aromatic rings. The van der Waals surface area contributed by atoms with Crippen LogP contribution in [0, 0.1) is 18.3 Å². The number of rotatable bonds is 3. The van der Waals surface area contributed by atoms with Crippen molar-refractivity contribution in [1.29, 1.82) is 5.26 Å². The molecule has 0 radical (unpaired) electrons. The van der Waals surface area contributed by atoms with Gasteiger partial charge < -0.3 is 4.74 Å². The van der Waals surface area contributed by atoms with Gasteiger partial charge in [-0.15, -0.1) is 0 Å². The van der Waals surface area contributed by atoms with Crippen LogP contribution in [-0.4, -0.2) is 6.29 Å². The molecular formula is C15H10ClNO2. The number of aldehydes is 1. The van der Waals surface area contributed by atoms with Crippen molar-refractivity contribution in [2.24, 2.45) is 0 Å². The molecule has 0 aliphatic rings. The second kappa shape index (κ2) is 5.55. The third-order valence-electron chi connectivity index (χ3n) is 2.67. The van der Waals surface area contributed by atoms with Crippen molar-refractivity contribution in [1.82, 2.24) is 0 Å². The summed E-state index contributed by atoms with van der Waals surface area (Å²) in [6.45, 7) is 1.86. The van der Waals surface area contributed by atoms with E-state index in [1.54, 1.807) is 36.4 Å². The number of ether oxygens (including phenoxy) is 1. The van der Waals surface area contributed by atoms with Gasteiger partial charge in [-0.3, -0.25) is 4.79 Å². The van der Waals surface area contributed by atoms with Crippen LogP contribution in [0.2, 0.25) is 5.02 Å². The number of nitriles is 1. The molecule has 0 aliphatic heterocycles. The van der Waals surface area contributed by atoms with Crippen molar-refractivity contribution in [2.45, 2.75) is 6.92 Å². The quantitative estimate of drug-likeness (QED) is 0.789. The first-order valence-electron chi connectivity index (χ1n) is 5.58. The molecule has 0 saturated carbocycles. The van der Waals surface area contributed by atoms with Crippen molar-refractivity contribution in [3.05, 3.63) is 58.1 Å². The van der Waals surface area contributed by atoms with Crippen LogP contribution in [-0.2, 0) is 0 Å². The molecule has 3 nitrogen and oxygen atoms in total. The Bertz CT molecular complexity index is 674. The normalized spacial score (nSPS) is 9.74. The molecule has 0 N–H and O–H groups in total. The highest BCUT2D eigenvalue weighted by Gasteiger charge is 2.10. The highest BCUT2D eigenvalue weighted by atomic mass is 35.5. The van der Waals surface area contributed by atoms with Gasteiger partial charge in [-0.25, -0.2) is 0 Å². The van der Waals surface area contributed by atoms with E-state index in [4.69, 9.17) is 21.6 Å². The molecule has 2 rings (SSSR count). The summed E-state index contributed by atoms with van der Waals surface area (Å²) in [6, 6.07) is 12.2. The molecular weight excluding hydrogens is 262 g/mol. The molecule has 19 heavy (non-hydrogen) atoms. The van der Waals surface area contributed by atoms with Gasteiger partial charge >= 0.3 is 0 Å². The predicted octanol–water partition coefficient (Wildman–Crippen LogP) is 4.12. The molecule has 0 atom stereocenters. The Morgan fingerprint density at radius 1 is 1.26 bits per heavy atom. The Hall–Kier alpha value is -2.31. The third-order valence-corrected chi connectivity index (χ3v) is 3.00. The molecule has 4 heteroatoms. The standard InChI is InChI=1S/C15H10ClNO2/c1-10-5-6-11(8-17)7-15(10)19-14-4-2-3-13(16)12(14)9-18/h2-7,9H,1H3. The van der Waals surface area contributed by atoms with Crippen LogP contribution in [0.3, 0.4) is 0 Å². The van der Waals surface area contributed by atoms with Gasteiger partial charge in [0.05, 0.1) is 22.2 Å². The maximum Gasteiger partial charge on any atom is 0.155 e. The average molecular weight is 272 g/mol. The van der Waals surface area contributed by atoms with Crippen molar-refractivity contribution in [3.63, 3.8) is 0 Å². The highest BCUT2D eigenvalue weighted by molar-refractivity contribution is 6.33. The van der Waals surface area contributed by atoms with Gasteiger partial charge in [-0.2, -0.15) is 5.26 Å². The smallest absolute Gasteiger partial charge is 0.155 e. The number of nitrogens with zero attached hydrogens (tertiary/aromatic N) is 1. The summed E-state index contributed by atoms with van der Waals surface area (Å²) >= 11 is 5.93. The Kier molecular flexibility index (Phi) is 3.84. The molecule has 0 unspecified atom stereocenters. The van der Waals surface area contributed by atoms with Crippen LogP contribution in [0.15, 0.2) is 36.4 Å². The van der Waals surface area contributed by atoms with Gasteiger partial charge in [-0.1, -0.05) is 23.7 Å². The maximum absolute atomic E-state index is 11.0. The Labute approximate surface area is 116 Å². The third kappa shape index (κ3) is 2.75. The Morgan fingerprint density at radius 3 is 2.74 bits per heavy atom. The van der Waals surface area contributed by atoms with Gasteiger partial charge in [0, 0.05) is 0 Å². The van der Waals surface area contributed by atoms with Crippen LogP contribution in [0.5, 0.6) is 11.5 Å². The zero-order valence-electron chi connectivity index (χ0n) is 10.2. The first-order valence-corrected chi connectivity index (χ1v) is 5.96. The number of carbonyl (C=O) groups excluding carboxylic acids is 1. The summed E-state index contributed by atoms with van der Waals surface area (Å²) in [5, 5.41) is 9.22. The van der Waals surface area contributed by atoms with E-state index < -0.39 is 0 Å². The van der Waals surface area contributed by atoms with E-state index in [0.29, 0.717) is 33.9 Å². The lowest BCUT2D eigenvalue weighted by Gasteiger charge is -2.11. The van der Waals surface area contributed by atoms with E-state index in [9.17, 15) is 4.79 Å². The lowest BCUT2D eigenvalue weighted by atomic mass is 10.1. The molecule has 0 aromatic heterocycles. The van der Waals surface area contributed by atoms with Crippen molar-refractivity contribution < 1.29 is 9.53 Å². The highest BCUT2D eigenvalue weighted by Crippen LogP contribution is 2.31. The fourth-order valence-electron chi connectivity index (χ4n) is 1.62. The van der Waals surface area contributed by atoms with Crippen LogP contribution < -0.4 is 4.74 Å². The summed E-state index contributed by atoms with van der Waals surface area (Å²) in [6.07, 6.45) is 0.654. The molecule has 0 fully saturated rings. The van der Waals surface area contributed by atoms with Crippen LogP contribution in [0.4, 0.5) is 0 Å². The topological polar surface area (TPSA) is 50.1 Å². The fourth-order valence-corrected chi connectivity index (χ4v) is 1.83. The van der Waals surface area contributed by atoms with Crippen molar-refractivity contribution in [2.75, 3.05) is 0 Å². The summed E-state index contributed by atoms with van der Waals surface area (Å²) in [7, 11) is 0. The molecule has 0 spiro atoms. The molecule has 94 valence electrons. The monoisotopic (exact) mass is 271 g/mol. The largest absolute Gasteiger partial charge is 0.456 e. The lowest BCUT2D eigenvalue weighted by Crippen LogP contribution is -1.93. The average Bonchev–Trinajstić information content (AvgIpc) is 2.41. The summed E-state index contributed by atoms with van der Waals surface area (Å²) < 4.78 is 5.69. The lowest BCUT2D eigenvalue weighted by molar-refractivity contribution is 0.112. The number of carbonyl (C=O) groups is 1. The summed E-state index contributed by atoms with van der Waals surface area (Å²) in [5.41, 5.74) is 1.66. The molecule has 0 aliphatic carbocycles. The van der Waals surface area contributed by atoms with E-state index in [1.165, 1.54) is 0 Å². The molecule has 0 heterocycles. The number of halogens is 1. The Morgan fingerprint density at radius 2 is 2.05 bits per heavy atom. The zero-order valence-corrected chi connectivity index (χ0v) is 10.9. The number of hydrogen-bond donors (Lipinski definition) is 0. The van der Waals surface area contributed by atoms with E-state index in [2.05, 4.69) is 0 Å². The van der Waals surface area contributed by atoms with Crippen LogP contribution in [0.1, 0.15) is 21.5 Å². The van der Waals surface area contributed by atoms with Crippen molar-refractivity contribution in [3.8, 4) is 17.6 Å². The second-order valence-corrected chi connectivity index (χ2v) is 4.37. The first-order chi connectivity index (χ1) is 9.15. The maximum atomic E-state index is 11.0. The predicted molar refractivity (Wildman–Crippen MR) is 72.8 cm³/mol. The second-order valence-electron chi connectivity index (χ2n) is 3.96. The number of benzene rings is 2. The van der Waals surface area contributed by atoms with E-state index in [0.717, 1.165) is 5.56 Å². The van der Waals surface area contributed by atoms with Crippen molar-refractivity contribution >= 4 is 17.9 Å². The molecule has 0 bridgehead atoms. The van der Waals surface area contributed by atoms with Crippen LogP contribution >= 0.6 is 11.6 Å². The first kappa shape index (κ1) is 13.1. The number of aryl methyl sites for hydroxylation is 1. The minimum Gasteiger partial charge on any atom is -0.456 e. The zero-order chi connectivity index (χ0) is 13.8. The minimum atomic E-state index is 0.297. The van der Waals surface area contributed by atoms with Crippen LogP contribution in [0.25, 0.3) is 0 Å². The van der Waals surface area contributed by atoms with Gasteiger partial charge in [0.1, 0.15) is 11.5 Å². The van der Waals surface area contributed by atoms with Gasteiger partial charge in [0.2, 0.25) is 0 Å². The minimum absolute atomic E-state index is 0.297. The molecule has 2 aromatic carbocycles. The molecule has 0 saturated heterocycles. The van der Waals surface area contributed by atoms with E-state index in [-0.39, 0.29) is 0 Å². The summed E-state index contributed by atoms with van der Waals surface area (Å²) in [4.78, 5) is 11.0.